The molecule has 1 unspecified atom stereocenters. The Kier molecular flexibility index (Phi) is 5.33. The van der Waals surface area contributed by atoms with E-state index < -0.39 is 0 Å². The minimum Gasteiger partial charge on any atom is -0.496 e. The SMILES string of the molecule is CCCC(C)NCc1ccc(C)c(OC)c1. The van der Waals surface area contributed by atoms with Gasteiger partial charge in [-0.1, -0.05) is 25.5 Å². The summed E-state index contributed by atoms with van der Waals surface area (Å²) in [4.78, 5) is 0. The molecule has 1 atom stereocenters. The lowest BCUT2D eigenvalue weighted by atomic mass is 10.1. The van der Waals surface area contributed by atoms with Crippen LogP contribution in [0.2, 0.25) is 0 Å². The standard InChI is InChI=1S/C14H23NO/c1-5-6-12(3)15-10-13-8-7-11(2)14(9-13)16-4/h7-9,12,15H,5-6,10H2,1-4H3. The summed E-state index contributed by atoms with van der Waals surface area (Å²) in [6.07, 6.45) is 2.45. The fraction of sp³-hybridized carbons (Fsp3) is 0.571. The number of ether oxygens (including phenoxy) is 1. The molecule has 0 aliphatic heterocycles. The number of hydrogen-bond donors (Lipinski definition) is 1. The molecule has 1 rings (SSSR count). The predicted molar refractivity (Wildman–Crippen MR) is 68.9 cm³/mol. The van der Waals surface area contributed by atoms with E-state index in [9.17, 15) is 0 Å². The average molecular weight is 221 g/mol. The van der Waals surface area contributed by atoms with Crippen molar-refractivity contribution in [2.45, 2.75) is 46.2 Å². The highest BCUT2D eigenvalue weighted by atomic mass is 16.5. The van der Waals surface area contributed by atoms with E-state index in [2.05, 4.69) is 44.3 Å². The molecule has 1 N–H and O–H groups in total. The number of methoxy groups -OCH3 is 1. The van der Waals surface area contributed by atoms with Crippen molar-refractivity contribution < 1.29 is 4.74 Å². The van der Waals surface area contributed by atoms with Gasteiger partial charge in [-0.15, -0.1) is 0 Å². The second-order valence-corrected chi connectivity index (χ2v) is 4.37. The van der Waals surface area contributed by atoms with Crippen LogP contribution in [0.15, 0.2) is 18.2 Å². The molecule has 0 saturated heterocycles. The van der Waals surface area contributed by atoms with E-state index >= 15 is 0 Å². The van der Waals surface area contributed by atoms with E-state index in [-0.39, 0.29) is 0 Å². The molecule has 0 aliphatic rings. The van der Waals surface area contributed by atoms with E-state index in [1.54, 1.807) is 7.11 Å². The van der Waals surface area contributed by atoms with Crippen LogP contribution < -0.4 is 10.1 Å². The van der Waals surface area contributed by atoms with E-state index in [4.69, 9.17) is 4.74 Å². The van der Waals surface area contributed by atoms with Crippen LogP contribution in [0.1, 0.15) is 37.8 Å². The number of benzene rings is 1. The van der Waals surface area contributed by atoms with Gasteiger partial charge in [0.2, 0.25) is 0 Å². The fourth-order valence-electron chi connectivity index (χ4n) is 1.80. The Morgan fingerprint density at radius 2 is 2.12 bits per heavy atom. The summed E-state index contributed by atoms with van der Waals surface area (Å²) in [5, 5.41) is 3.52. The van der Waals surface area contributed by atoms with Crippen LogP contribution in [-0.2, 0) is 6.54 Å². The van der Waals surface area contributed by atoms with Crippen molar-refractivity contribution >= 4 is 0 Å². The first-order valence-electron chi connectivity index (χ1n) is 6.04. The molecule has 0 saturated carbocycles. The van der Waals surface area contributed by atoms with Gasteiger partial charge in [-0.25, -0.2) is 0 Å². The van der Waals surface area contributed by atoms with Gasteiger partial charge in [0, 0.05) is 12.6 Å². The zero-order valence-electron chi connectivity index (χ0n) is 10.8. The van der Waals surface area contributed by atoms with Gasteiger partial charge in [0.15, 0.2) is 0 Å². The van der Waals surface area contributed by atoms with Crippen LogP contribution in [0.25, 0.3) is 0 Å². The molecule has 0 spiro atoms. The molecule has 1 aromatic carbocycles. The Labute approximate surface area is 99.0 Å². The quantitative estimate of drug-likeness (QED) is 0.796. The summed E-state index contributed by atoms with van der Waals surface area (Å²) in [7, 11) is 1.72. The van der Waals surface area contributed by atoms with E-state index in [1.165, 1.54) is 24.0 Å². The highest BCUT2D eigenvalue weighted by molar-refractivity contribution is 5.36. The molecule has 0 fully saturated rings. The second kappa shape index (κ2) is 6.54. The maximum absolute atomic E-state index is 5.31. The Morgan fingerprint density at radius 1 is 1.38 bits per heavy atom. The summed E-state index contributed by atoms with van der Waals surface area (Å²) in [6, 6.07) is 6.96. The molecular formula is C14H23NO. The topological polar surface area (TPSA) is 21.3 Å². The lowest BCUT2D eigenvalue weighted by Crippen LogP contribution is -2.25. The average Bonchev–Trinajstić information content (AvgIpc) is 2.28. The molecule has 0 aromatic heterocycles. The first-order chi connectivity index (χ1) is 7.67. The van der Waals surface area contributed by atoms with Crippen LogP contribution in [0.5, 0.6) is 5.75 Å². The molecule has 2 heteroatoms. The maximum atomic E-state index is 5.31. The van der Waals surface area contributed by atoms with Gasteiger partial charge in [0.1, 0.15) is 5.75 Å². The van der Waals surface area contributed by atoms with Crippen molar-refractivity contribution in [1.82, 2.24) is 5.32 Å². The zero-order chi connectivity index (χ0) is 12.0. The monoisotopic (exact) mass is 221 g/mol. The van der Waals surface area contributed by atoms with Crippen LogP contribution in [0.4, 0.5) is 0 Å². The summed E-state index contributed by atoms with van der Waals surface area (Å²) in [6.45, 7) is 7.43. The van der Waals surface area contributed by atoms with Gasteiger partial charge in [-0.05, 0) is 37.5 Å². The smallest absolute Gasteiger partial charge is 0.122 e. The Balaban J connectivity index is 2.54. The van der Waals surface area contributed by atoms with Crippen molar-refractivity contribution in [1.29, 1.82) is 0 Å². The number of hydrogen-bond acceptors (Lipinski definition) is 2. The van der Waals surface area contributed by atoms with Gasteiger partial charge in [0.05, 0.1) is 7.11 Å². The molecule has 2 nitrogen and oxygen atoms in total. The van der Waals surface area contributed by atoms with Gasteiger partial charge in [-0.2, -0.15) is 0 Å². The van der Waals surface area contributed by atoms with Crippen LogP contribution >= 0.6 is 0 Å². The number of rotatable bonds is 6. The summed E-state index contributed by atoms with van der Waals surface area (Å²) >= 11 is 0. The Morgan fingerprint density at radius 3 is 2.75 bits per heavy atom. The molecule has 0 bridgehead atoms. The minimum absolute atomic E-state index is 0.581. The van der Waals surface area contributed by atoms with Gasteiger partial charge < -0.3 is 10.1 Å². The third-order valence-corrected chi connectivity index (χ3v) is 2.85. The predicted octanol–water partition coefficient (Wildman–Crippen LogP) is 3.28. The van der Waals surface area contributed by atoms with E-state index in [0.29, 0.717) is 6.04 Å². The van der Waals surface area contributed by atoms with Gasteiger partial charge >= 0.3 is 0 Å². The number of aryl methyl sites for hydroxylation is 1. The highest BCUT2D eigenvalue weighted by Crippen LogP contribution is 2.18. The van der Waals surface area contributed by atoms with Crippen molar-refractivity contribution in [2.75, 3.05) is 7.11 Å². The summed E-state index contributed by atoms with van der Waals surface area (Å²) < 4.78 is 5.31. The molecular weight excluding hydrogens is 198 g/mol. The van der Waals surface area contributed by atoms with Gasteiger partial charge in [0.25, 0.3) is 0 Å². The van der Waals surface area contributed by atoms with Crippen LogP contribution in [0, 0.1) is 6.92 Å². The largest absolute Gasteiger partial charge is 0.496 e. The molecule has 0 heterocycles. The molecule has 90 valence electrons. The minimum atomic E-state index is 0.581. The fourth-order valence-corrected chi connectivity index (χ4v) is 1.80. The van der Waals surface area contributed by atoms with Crippen molar-refractivity contribution in [3.63, 3.8) is 0 Å². The second-order valence-electron chi connectivity index (χ2n) is 4.37. The van der Waals surface area contributed by atoms with Crippen molar-refractivity contribution in [3.8, 4) is 5.75 Å². The first-order valence-corrected chi connectivity index (χ1v) is 6.04. The van der Waals surface area contributed by atoms with Crippen LogP contribution in [-0.4, -0.2) is 13.2 Å². The zero-order valence-corrected chi connectivity index (χ0v) is 10.8. The molecule has 16 heavy (non-hydrogen) atoms. The Hall–Kier alpha value is -1.02. The maximum Gasteiger partial charge on any atom is 0.122 e. The first kappa shape index (κ1) is 13.0. The van der Waals surface area contributed by atoms with Gasteiger partial charge in [-0.3, -0.25) is 0 Å². The molecule has 0 radical (unpaired) electrons. The third-order valence-electron chi connectivity index (χ3n) is 2.85. The van der Waals surface area contributed by atoms with Crippen molar-refractivity contribution in [2.24, 2.45) is 0 Å². The summed E-state index contributed by atoms with van der Waals surface area (Å²) in [5.41, 5.74) is 2.47. The number of nitrogens with one attached hydrogen (secondary N) is 1. The lowest BCUT2D eigenvalue weighted by molar-refractivity contribution is 0.410. The lowest BCUT2D eigenvalue weighted by Gasteiger charge is -2.13. The van der Waals surface area contributed by atoms with Crippen LogP contribution in [0.3, 0.4) is 0 Å². The third kappa shape index (κ3) is 3.86. The normalized spacial score (nSPS) is 12.5. The van der Waals surface area contributed by atoms with Crippen molar-refractivity contribution in [3.05, 3.63) is 29.3 Å². The van der Waals surface area contributed by atoms with E-state index in [1.807, 2.05) is 0 Å². The molecule has 0 amide bonds. The highest BCUT2D eigenvalue weighted by Gasteiger charge is 2.02. The Bertz CT molecular complexity index is 323. The summed E-state index contributed by atoms with van der Waals surface area (Å²) in [5.74, 6) is 0.974. The molecule has 1 aromatic rings. The molecule has 0 aliphatic carbocycles. The van der Waals surface area contributed by atoms with E-state index in [0.717, 1.165) is 12.3 Å².